The number of esters is 1. The molecule has 11 nitrogen and oxygen atoms in total. The molecule has 1 rings (SSSR count). The number of carbonyl (C=O) groups is 2. The van der Waals surface area contributed by atoms with E-state index >= 15 is 0 Å². The van der Waals surface area contributed by atoms with E-state index in [0.29, 0.717) is 19.4 Å². The number of rotatable bonds is 50. The number of unbranched alkanes of at least 4 members (excludes halogenated alkanes) is 32. The molecule has 0 radical (unpaired) electrons. The highest BCUT2D eigenvalue weighted by atomic mass is 16.7. The van der Waals surface area contributed by atoms with E-state index in [-0.39, 0.29) is 18.5 Å². The summed E-state index contributed by atoms with van der Waals surface area (Å²) < 4.78 is 16.7. The topological polar surface area (TPSA) is 175 Å². The average molecular weight is 993 g/mol. The van der Waals surface area contributed by atoms with Gasteiger partial charge in [0.2, 0.25) is 5.91 Å². The molecule has 7 atom stereocenters. The van der Waals surface area contributed by atoms with E-state index in [9.17, 15) is 35.1 Å². The Kier molecular flexibility index (Phi) is 46.2. The Hall–Kier alpha value is -2.12. The Labute approximate surface area is 428 Å². The summed E-state index contributed by atoms with van der Waals surface area (Å²) >= 11 is 0. The number of nitrogens with one attached hydrogen (secondary N) is 1. The van der Waals surface area contributed by atoms with Gasteiger partial charge in [-0.2, -0.15) is 0 Å². The van der Waals surface area contributed by atoms with Gasteiger partial charge < -0.3 is 45.1 Å². The maximum Gasteiger partial charge on any atom is 0.305 e. The zero-order valence-electron chi connectivity index (χ0n) is 45.0. The minimum absolute atomic E-state index is 0.0230. The largest absolute Gasteiger partial charge is 0.466 e. The number of hydrogen-bond donors (Lipinski definition) is 6. The van der Waals surface area contributed by atoms with Gasteiger partial charge in [-0.05, 0) is 64.2 Å². The summed E-state index contributed by atoms with van der Waals surface area (Å²) in [7, 11) is 0. The van der Waals surface area contributed by atoms with Gasteiger partial charge in [0.05, 0.1) is 32.0 Å². The predicted octanol–water partition coefficient (Wildman–Crippen LogP) is 13.1. The molecule has 1 aliphatic rings. The molecule has 11 heteroatoms. The van der Waals surface area contributed by atoms with Crippen LogP contribution in [0.1, 0.15) is 264 Å². The van der Waals surface area contributed by atoms with Gasteiger partial charge in [-0.3, -0.25) is 9.59 Å². The lowest BCUT2D eigenvalue weighted by molar-refractivity contribution is -0.302. The summed E-state index contributed by atoms with van der Waals surface area (Å²) in [5.74, 6) is -0.214. The molecule has 0 aromatic carbocycles. The van der Waals surface area contributed by atoms with Crippen molar-refractivity contribution in [2.24, 2.45) is 0 Å². The Balaban J connectivity index is 2.03. The molecule has 70 heavy (non-hydrogen) atoms. The summed E-state index contributed by atoms with van der Waals surface area (Å²) in [6, 6.07) is -0.814. The number of ether oxygens (including phenoxy) is 3. The molecule has 0 bridgehead atoms. The molecule has 410 valence electrons. The van der Waals surface area contributed by atoms with Crippen LogP contribution >= 0.6 is 0 Å². The van der Waals surface area contributed by atoms with Gasteiger partial charge >= 0.3 is 5.97 Å². The van der Waals surface area contributed by atoms with Crippen LogP contribution in [0.25, 0.3) is 0 Å². The molecule has 1 heterocycles. The second-order valence-electron chi connectivity index (χ2n) is 20.3. The van der Waals surface area contributed by atoms with Crippen molar-refractivity contribution in [2.45, 2.75) is 307 Å². The normalized spacial score (nSPS) is 19.4. The lowest BCUT2D eigenvalue weighted by Crippen LogP contribution is -2.60. The van der Waals surface area contributed by atoms with E-state index in [1.807, 2.05) is 6.08 Å². The molecule has 1 fully saturated rings. The highest BCUT2D eigenvalue weighted by Gasteiger charge is 2.44. The van der Waals surface area contributed by atoms with Gasteiger partial charge in [0, 0.05) is 12.8 Å². The second kappa shape index (κ2) is 49.1. The van der Waals surface area contributed by atoms with Crippen molar-refractivity contribution < 1.29 is 49.3 Å². The number of amides is 1. The molecule has 1 aliphatic heterocycles. The fourth-order valence-corrected chi connectivity index (χ4v) is 9.05. The van der Waals surface area contributed by atoms with Crippen molar-refractivity contribution in [3.8, 4) is 0 Å². The summed E-state index contributed by atoms with van der Waals surface area (Å²) in [5, 5.41) is 54.2. The van der Waals surface area contributed by atoms with Crippen LogP contribution in [0, 0.1) is 0 Å². The maximum atomic E-state index is 13.0. The fourth-order valence-electron chi connectivity index (χ4n) is 9.05. The summed E-state index contributed by atoms with van der Waals surface area (Å²) in [4.78, 5) is 25.1. The van der Waals surface area contributed by atoms with Gasteiger partial charge in [-0.1, -0.05) is 224 Å². The van der Waals surface area contributed by atoms with E-state index < -0.39 is 49.5 Å². The highest BCUT2D eigenvalue weighted by Crippen LogP contribution is 2.23. The fraction of sp³-hybridized carbons (Fsp3) is 0.864. The van der Waals surface area contributed by atoms with Gasteiger partial charge in [0.1, 0.15) is 24.4 Å². The molecule has 0 aromatic rings. The molecule has 0 saturated carbocycles. The standard InChI is InChI=1S/C59H109NO10/c1-3-5-7-9-11-13-14-15-16-17-21-24-27-31-35-39-43-47-55(64)68-48-44-40-36-32-28-25-22-19-18-20-23-26-30-34-38-42-46-54(63)60-51(52(62)45-41-37-33-29-12-10-8-6-4-2)50-69-59-58(67)57(66)56(65)53(49-61)70-59/h11,13,15-16,41,45,51-53,56-59,61-62,65-67H,3-10,12,14,17-40,42-44,46-50H2,1-2H3,(H,60,63)/b13-11-,16-15-,45-41+. The lowest BCUT2D eigenvalue weighted by Gasteiger charge is -2.40. The summed E-state index contributed by atoms with van der Waals surface area (Å²) in [6.45, 7) is 4.26. The minimum atomic E-state index is -1.57. The first kappa shape index (κ1) is 65.9. The van der Waals surface area contributed by atoms with Gasteiger partial charge in [-0.25, -0.2) is 0 Å². The molecule has 0 aliphatic carbocycles. The van der Waals surface area contributed by atoms with Gasteiger partial charge in [0.15, 0.2) is 6.29 Å². The van der Waals surface area contributed by atoms with Crippen LogP contribution in [0.2, 0.25) is 0 Å². The summed E-state index contributed by atoms with van der Waals surface area (Å²) in [6.07, 6.45) is 49.5. The van der Waals surface area contributed by atoms with E-state index in [2.05, 4.69) is 43.5 Å². The first-order valence-electron chi connectivity index (χ1n) is 29.3. The van der Waals surface area contributed by atoms with Crippen LogP contribution in [-0.4, -0.2) is 100 Å². The molecular formula is C59H109NO10. The number of aliphatic hydroxyl groups is 5. The third-order valence-electron chi connectivity index (χ3n) is 13.7. The van der Waals surface area contributed by atoms with Crippen molar-refractivity contribution in [3.63, 3.8) is 0 Å². The van der Waals surface area contributed by atoms with Gasteiger partial charge in [-0.15, -0.1) is 0 Å². The molecule has 6 N–H and O–H groups in total. The van der Waals surface area contributed by atoms with Crippen LogP contribution < -0.4 is 5.32 Å². The zero-order chi connectivity index (χ0) is 51.0. The van der Waals surface area contributed by atoms with Crippen LogP contribution in [0.3, 0.4) is 0 Å². The molecule has 1 saturated heterocycles. The number of allylic oxidation sites excluding steroid dienone is 5. The predicted molar refractivity (Wildman–Crippen MR) is 287 cm³/mol. The van der Waals surface area contributed by atoms with Crippen LogP contribution in [0.15, 0.2) is 36.5 Å². The van der Waals surface area contributed by atoms with E-state index in [1.165, 1.54) is 161 Å². The van der Waals surface area contributed by atoms with Crippen molar-refractivity contribution in [2.75, 3.05) is 19.8 Å². The third-order valence-corrected chi connectivity index (χ3v) is 13.7. The Morgan fingerprint density at radius 2 is 0.957 bits per heavy atom. The number of carbonyl (C=O) groups excluding carboxylic acids is 2. The van der Waals surface area contributed by atoms with Gasteiger partial charge in [0.25, 0.3) is 0 Å². The third kappa shape index (κ3) is 38.5. The van der Waals surface area contributed by atoms with E-state index in [1.54, 1.807) is 6.08 Å². The van der Waals surface area contributed by atoms with Crippen molar-refractivity contribution in [1.82, 2.24) is 5.32 Å². The Morgan fingerprint density at radius 1 is 0.529 bits per heavy atom. The highest BCUT2D eigenvalue weighted by molar-refractivity contribution is 5.76. The first-order chi connectivity index (χ1) is 34.2. The average Bonchev–Trinajstić information content (AvgIpc) is 3.36. The van der Waals surface area contributed by atoms with E-state index in [0.717, 1.165) is 77.0 Å². The molecule has 1 amide bonds. The smallest absolute Gasteiger partial charge is 0.305 e. The maximum absolute atomic E-state index is 13.0. The molecular weight excluding hydrogens is 883 g/mol. The molecule has 7 unspecified atom stereocenters. The van der Waals surface area contributed by atoms with Crippen molar-refractivity contribution in [1.29, 1.82) is 0 Å². The lowest BCUT2D eigenvalue weighted by atomic mass is 9.99. The Morgan fingerprint density at radius 3 is 1.47 bits per heavy atom. The van der Waals surface area contributed by atoms with Crippen LogP contribution in [0.5, 0.6) is 0 Å². The van der Waals surface area contributed by atoms with Crippen molar-refractivity contribution in [3.05, 3.63) is 36.5 Å². The molecule has 0 spiro atoms. The van der Waals surface area contributed by atoms with Crippen LogP contribution in [-0.2, 0) is 23.8 Å². The number of hydrogen-bond acceptors (Lipinski definition) is 10. The minimum Gasteiger partial charge on any atom is -0.466 e. The monoisotopic (exact) mass is 992 g/mol. The van der Waals surface area contributed by atoms with Crippen LogP contribution in [0.4, 0.5) is 0 Å². The summed E-state index contributed by atoms with van der Waals surface area (Å²) in [5.41, 5.74) is 0. The zero-order valence-corrected chi connectivity index (χ0v) is 45.0. The van der Waals surface area contributed by atoms with E-state index in [4.69, 9.17) is 14.2 Å². The first-order valence-corrected chi connectivity index (χ1v) is 29.3. The second-order valence-corrected chi connectivity index (χ2v) is 20.3. The van der Waals surface area contributed by atoms with Crippen molar-refractivity contribution >= 4 is 11.9 Å². The number of aliphatic hydroxyl groups excluding tert-OH is 5. The molecule has 0 aromatic heterocycles. The SMILES string of the molecule is CCCCC/C=C\C/C=C\CCCCCCCCCC(=O)OCCCCCCCCCCCCCCCCCCC(=O)NC(COC1OC(CO)C(O)C(O)C1O)C(O)/C=C/CCCCCCCCC. The quantitative estimate of drug-likeness (QED) is 0.0195. The Bertz CT molecular complexity index is 1260.